The SMILES string of the molecule is CCC(CCN)N1CCCN(Cc2ncnn2C)CC1. The summed E-state index contributed by atoms with van der Waals surface area (Å²) < 4.78 is 1.87. The number of nitrogens with zero attached hydrogens (tertiary/aromatic N) is 5. The number of aryl methyl sites for hydroxylation is 1. The van der Waals surface area contributed by atoms with E-state index in [1.807, 2.05) is 11.7 Å². The Morgan fingerprint density at radius 2 is 2.15 bits per heavy atom. The van der Waals surface area contributed by atoms with E-state index in [-0.39, 0.29) is 0 Å². The van der Waals surface area contributed by atoms with Gasteiger partial charge in [0.1, 0.15) is 12.2 Å². The predicted molar refractivity (Wildman–Crippen MR) is 80.2 cm³/mol. The van der Waals surface area contributed by atoms with E-state index >= 15 is 0 Å². The molecule has 1 atom stereocenters. The average Bonchev–Trinajstić information content (AvgIpc) is 2.72. The molecule has 2 heterocycles. The molecule has 2 N–H and O–H groups in total. The van der Waals surface area contributed by atoms with Gasteiger partial charge < -0.3 is 5.73 Å². The Bertz CT molecular complexity index is 391. The third-order valence-electron chi connectivity index (χ3n) is 4.28. The molecule has 0 bridgehead atoms. The Labute approximate surface area is 121 Å². The number of hydrogen-bond acceptors (Lipinski definition) is 5. The quantitative estimate of drug-likeness (QED) is 0.820. The van der Waals surface area contributed by atoms with Gasteiger partial charge in [-0.05, 0) is 38.9 Å². The summed E-state index contributed by atoms with van der Waals surface area (Å²) in [6, 6.07) is 0.648. The van der Waals surface area contributed by atoms with Gasteiger partial charge in [0.15, 0.2) is 0 Å². The first-order valence-electron chi connectivity index (χ1n) is 7.74. The van der Waals surface area contributed by atoms with E-state index in [2.05, 4.69) is 26.8 Å². The van der Waals surface area contributed by atoms with Crippen LogP contribution < -0.4 is 5.73 Å². The molecule has 20 heavy (non-hydrogen) atoms. The van der Waals surface area contributed by atoms with Crippen LogP contribution in [0, 0.1) is 0 Å². The first-order valence-corrected chi connectivity index (χ1v) is 7.74. The standard InChI is InChI=1S/C14H28N6/c1-3-13(5-6-15)20-8-4-7-19(9-10-20)11-14-16-12-17-18(14)2/h12-13H,3-11,15H2,1-2H3. The van der Waals surface area contributed by atoms with Gasteiger partial charge in [-0.25, -0.2) is 4.98 Å². The highest BCUT2D eigenvalue weighted by atomic mass is 15.3. The fraction of sp³-hybridized carbons (Fsp3) is 0.857. The fourth-order valence-electron chi connectivity index (χ4n) is 3.01. The Kier molecular flexibility index (Phi) is 5.94. The largest absolute Gasteiger partial charge is 0.330 e. The lowest BCUT2D eigenvalue weighted by Gasteiger charge is -2.29. The Balaban J connectivity index is 1.87. The van der Waals surface area contributed by atoms with Crippen LogP contribution in [0.4, 0.5) is 0 Å². The van der Waals surface area contributed by atoms with Gasteiger partial charge in [-0.1, -0.05) is 6.92 Å². The molecule has 2 rings (SSSR count). The zero-order chi connectivity index (χ0) is 14.4. The minimum Gasteiger partial charge on any atom is -0.330 e. The number of nitrogens with two attached hydrogens (primary N) is 1. The van der Waals surface area contributed by atoms with Gasteiger partial charge in [-0.3, -0.25) is 14.5 Å². The maximum Gasteiger partial charge on any atom is 0.140 e. The van der Waals surface area contributed by atoms with Crippen LogP contribution in [0.5, 0.6) is 0 Å². The van der Waals surface area contributed by atoms with Gasteiger partial charge in [-0.2, -0.15) is 5.10 Å². The molecule has 1 saturated heterocycles. The minimum atomic E-state index is 0.648. The predicted octanol–water partition coefficient (Wildman–Crippen LogP) is 0.450. The van der Waals surface area contributed by atoms with Crippen LogP contribution in [0.2, 0.25) is 0 Å². The zero-order valence-corrected chi connectivity index (χ0v) is 12.8. The molecule has 1 aromatic rings. The Morgan fingerprint density at radius 3 is 2.80 bits per heavy atom. The minimum absolute atomic E-state index is 0.648. The van der Waals surface area contributed by atoms with Crippen molar-refractivity contribution in [3.63, 3.8) is 0 Å². The third kappa shape index (κ3) is 4.01. The molecular formula is C14H28N6. The molecule has 1 aromatic heterocycles. The van der Waals surface area contributed by atoms with Crippen LogP contribution in [0.25, 0.3) is 0 Å². The molecule has 0 spiro atoms. The molecule has 6 heteroatoms. The molecule has 0 radical (unpaired) electrons. The van der Waals surface area contributed by atoms with E-state index in [9.17, 15) is 0 Å². The van der Waals surface area contributed by atoms with E-state index < -0.39 is 0 Å². The molecule has 114 valence electrons. The normalized spacial score (nSPS) is 19.9. The van der Waals surface area contributed by atoms with Crippen molar-refractivity contribution >= 4 is 0 Å². The molecule has 0 aromatic carbocycles. The monoisotopic (exact) mass is 280 g/mol. The summed E-state index contributed by atoms with van der Waals surface area (Å²) in [5.74, 6) is 1.05. The van der Waals surface area contributed by atoms with Gasteiger partial charge in [0.05, 0.1) is 6.54 Å². The van der Waals surface area contributed by atoms with Crippen molar-refractivity contribution in [3.8, 4) is 0 Å². The first-order chi connectivity index (χ1) is 9.74. The molecular weight excluding hydrogens is 252 g/mol. The molecule has 1 aliphatic rings. The van der Waals surface area contributed by atoms with Crippen LogP contribution in [0.1, 0.15) is 32.0 Å². The van der Waals surface area contributed by atoms with Gasteiger partial charge >= 0.3 is 0 Å². The van der Waals surface area contributed by atoms with E-state index in [1.165, 1.54) is 19.4 Å². The smallest absolute Gasteiger partial charge is 0.140 e. The Morgan fingerprint density at radius 1 is 1.30 bits per heavy atom. The maximum absolute atomic E-state index is 5.73. The van der Waals surface area contributed by atoms with Crippen LogP contribution >= 0.6 is 0 Å². The van der Waals surface area contributed by atoms with Crippen molar-refractivity contribution in [2.75, 3.05) is 32.7 Å². The highest BCUT2D eigenvalue weighted by Gasteiger charge is 2.21. The number of aromatic nitrogens is 3. The summed E-state index contributed by atoms with van der Waals surface area (Å²) in [6.07, 6.45) is 5.16. The lowest BCUT2D eigenvalue weighted by Crippen LogP contribution is -2.39. The van der Waals surface area contributed by atoms with Gasteiger partial charge in [0.2, 0.25) is 0 Å². The topological polar surface area (TPSA) is 63.2 Å². The van der Waals surface area contributed by atoms with Crippen LogP contribution in [-0.2, 0) is 13.6 Å². The lowest BCUT2D eigenvalue weighted by atomic mass is 10.1. The second kappa shape index (κ2) is 7.71. The van der Waals surface area contributed by atoms with Gasteiger partial charge in [0, 0.05) is 26.2 Å². The summed E-state index contributed by atoms with van der Waals surface area (Å²) >= 11 is 0. The van der Waals surface area contributed by atoms with Crippen LogP contribution in [0.3, 0.4) is 0 Å². The molecule has 1 aliphatic heterocycles. The van der Waals surface area contributed by atoms with Gasteiger partial charge in [0.25, 0.3) is 0 Å². The average molecular weight is 280 g/mol. The summed E-state index contributed by atoms with van der Waals surface area (Å²) in [4.78, 5) is 9.42. The molecule has 1 unspecified atom stereocenters. The van der Waals surface area contributed by atoms with E-state index in [0.717, 1.165) is 45.0 Å². The molecule has 6 nitrogen and oxygen atoms in total. The molecule has 0 amide bonds. The highest BCUT2D eigenvalue weighted by molar-refractivity contribution is 4.85. The second-order valence-electron chi connectivity index (χ2n) is 5.60. The van der Waals surface area contributed by atoms with Crippen molar-refractivity contribution in [2.24, 2.45) is 12.8 Å². The van der Waals surface area contributed by atoms with Gasteiger partial charge in [-0.15, -0.1) is 0 Å². The summed E-state index contributed by atoms with van der Waals surface area (Å²) in [6.45, 7) is 8.53. The maximum atomic E-state index is 5.73. The molecule has 1 fully saturated rings. The Hall–Kier alpha value is -0.980. The lowest BCUT2D eigenvalue weighted by molar-refractivity contribution is 0.183. The number of hydrogen-bond donors (Lipinski definition) is 1. The molecule has 0 aliphatic carbocycles. The van der Waals surface area contributed by atoms with Crippen molar-refractivity contribution in [2.45, 2.75) is 38.8 Å². The second-order valence-corrected chi connectivity index (χ2v) is 5.60. The zero-order valence-electron chi connectivity index (χ0n) is 12.8. The fourth-order valence-corrected chi connectivity index (χ4v) is 3.01. The molecule has 0 saturated carbocycles. The van der Waals surface area contributed by atoms with Crippen LogP contribution in [0.15, 0.2) is 6.33 Å². The van der Waals surface area contributed by atoms with E-state index in [0.29, 0.717) is 6.04 Å². The van der Waals surface area contributed by atoms with E-state index in [4.69, 9.17) is 5.73 Å². The first kappa shape index (κ1) is 15.4. The summed E-state index contributed by atoms with van der Waals surface area (Å²) in [7, 11) is 1.96. The van der Waals surface area contributed by atoms with E-state index in [1.54, 1.807) is 6.33 Å². The highest BCUT2D eigenvalue weighted by Crippen LogP contribution is 2.13. The van der Waals surface area contributed by atoms with Crippen molar-refractivity contribution in [1.29, 1.82) is 0 Å². The summed E-state index contributed by atoms with van der Waals surface area (Å²) in [5, 5.41) is 4.14. The number of rotatable bonds is 6. The third-order valence-corrected chi connectivity index (χ3v) is 4.28. The van der Waals surface area contributed by atoms with Crippen molar-refractivity contribution in [3.05, 3.63) is 12.2 Å². The van der Waals surface area contributed by atoms with Crippen LogP contribution in [-0.4, -0.2) is 63.3 Å². The summed E-state index contributed by atoms with van der Waals surface area (Å²) in [5.41, 5.74) is 5.73. The van der Waals surface area contributed by atoms with Crippen molar-refractivity contribution in [1.82, 2.24) is 24.6 Å². The van der Waals surface area contributed by atoms with Crippen molar-refractivity contribution < 1.29 is 0 Å².